The Kier molecular flexibility index (Phi) is 4.80. The van der Waals surface area contributed by atoms with Crippen molar-refractivity contribution < 1.29 is 14.3 Å². The van der Waals surface area contributed by atoms with E-state index in [-0.39, 0.29) is 12.0 Å². The van der Waals surface area contributed by atoms with Gasteiger partial charge in [-0.15, -0.1) is 0 Å². The molecule has 4 heteroatoms. The van der Waals surface area contributed by atoms with Crippen LogP contribution < -0.4 is 10.1 Å². The van der Waals surface area contributed by atoms with Crippen LogP contribution in [-0.2, 0) is 11.2 Å². The smallest absolute Gasteiger partial charge is 0.251 e. The molecule has 19 heavy (non-hydrogen) atoms. The number of nitrogens with one attached hydrogen (secondary N) is 1. The van der Waals surface area contributed by atoms with Crippen molar-refractivity contribution in [1.29, 1.82) is 0 Å². The maximum atomic E-state index is 11.8. The summed E-state index contributed by atoms with van der Waals surface area (Å²) in [6.07, 6.45) is 2.18. The molecule has 1 amide bonds. The molecule has 1 aliphatic heterocycles. The molecule has 0 spiro atoms. The highest BCUT2D eigenvalue weighted by atomic mass is 16.6. The van der Waals surface area contributed by atoms with Crippen molar-refractivity contribution in [1.82, 2.24) is 5.32 Å². The van der Waals surface area contributed by atoms with Crippen molar-refractivity contribution in [2.45, 2.75) is 32.8 Å². The molecule has 1 heterocycles. The summed E-state index contributed by atoms with van der Waals surface area (Å²) in [5.41, 5.74) is 1.78. The SMILES string of the molecule is CCCc1cc(C(=O)NCC)ccc1OCC1CO1. The molecule has 2 rings (SSSR count). The summed E-state index contributed by atoms with van der Waals surface area (Å²) in [5.74, 6) is 0.835. The van der Waals surface area contributed by atoms with Crippen LogP contribution in [0.4, 0.5) is 0 Å². The van der Waals surface area contributed by atoms with Gasteiger partial charge in [0.25, 0.3) is 5.91 Å². The van der Waals surface area contributed by atoms with E-state index in [1.165, 1.54) is 0 Å². The average Bonchev–Trinajstić information content (AvgIpc) is 3.22. The number of hydrogen-bond acceptors (Lipinski definition) is 3. The lowest BCUT2D eigenvalue weighted by atomic mass is 10.0. The summed E-state index contributed by atoms with van der Waals surface area (Å²) in [5, 5.41) is 2.81. The van der Waals surface area contributed by atoms with Crippen molar-refractivity contribution in [3.63, 3.8) is 0 Å². The highest BCUT2D eigenvalue weighted by Crippen LogP contribution is 2.23. The van der Waals surface area contributed by atoms with E-state index in [4.69, 9.17) is 9.47 Å². The number of ether oxygens (including phenoxy) is 2. The summed E-state index contributed by atoms with van der Waals surface area (Å²) in [4.78, 5) is 11.8. The van der Waals surface area contributed by atoms with Gasteiger partial charge in [0.1, 0.15) is 18.5 Å². The Morgan fingerprint density at radius 3 is 2.89 bits per heavy atom. The van der Waals surface area contributed by atoms with Gasteiger partial charge in [0.15, 0.2) is 0 Å². The first-order valence-corrected chi connectivity index (χ1v) is 6.90. The molecule has 1 aromatic rings. The van der Waals surface area contributed by atoms with Crippen molar-refractivity contribution >= 4 is 5.91 Å². The van der Waals surface area contributed by atoms with Crippen LogP contribution in [0.5, 0.6) is 5.75 Å². The zero-order valence-electron chi connectivity index (χ0n) is 11.6. The Morgan fingerprint density at radius 2 is 2.26 bits per heavy atom. The van der Waals surface area contributed by atoms with Gasteiger partial charge in [-0.25, -0.2) is 0 Å². The predicted octanol–water partition coefficient (Wildman–Crippen LogP) is 2.17. The first kappa shape index (κ1) is 13.9. The second-order valence-corrected chi connectivity index (χ2v) is 4.70. The van der Waals surface area contributed by atoms with Gasteiger partial charge in [-0.3, -0.25) is 4.79 Å². The zero-order valence-corrected chi connectivity index (χ0v) is 11.6. The van der Waals surface area contributed by atoms with Crippen LogP contribution >= 0.6 is 0 Å². The predicted molar refractivity (Wildman–Crippen MR) is 73.7 cm³/mol. The molecule has 1 fully saturated rings. The fraction of sp³-hybridized carbons (Fsp3) is 0.533. The molecule has 0 aliphatic carbocycles. The minimum absolute atomic E-state index is 0.0306. The molecule has 0 aromatic heterocycles. The van der Waals surface area contributed by atoms with Crippen molar-refractivity contribution in [3.8, 4) is 5.75 Å². The molecule has 1 unspecified atom stereocenters. The van der Waals surface area contributed by atoms with Crippen LogP contribution in [-0.4, -0.2) is 31.8 Å². The van der Waals surface area contributed by atoms with E-state index >= 15 is 0 Å². The van der Waals surface area contributed by atoms with E-state index in [2.05, 4.69) is 12.2 Å². The van der Waals surface area contributed by atoms with Crippen molar-refractivity contribution in [2.75, 3.05) is 19.8 Å². The van der Waals surface area contributed by atoms with Crippen LogP contribution in [0.1, 0.15) is 36.2 Å². The Bertz CT molecular complexity index is 441. The number of epoxide rings is 1. The van der Waals surface area contributed by atoms with E-state index in [1.54, 1.807) is 0 Å². The Labute approximate surface area is 114 Å². The largest absolute Gasteiger partial charge is 0.491 e. The normalized spacial score (nSPS) is 17.1. The number of carbonyl (C=O) groups is 1. The highest BCUT2D eigenvalue weighted by Gasteiger charge is 2.23. The number of amides is 1. The van der Waals surface area contributed by atoms with Crippen LogP contribution in [0, 0.1) is 0 Å². The molecule has 104 valence electrons. The maximum absolute atomic E-state index is 11.8. The molecule has 0 radical (unpaired) electrons. The third kappa shape index (κ3) is 3.96. The summed E-state index contributed by atoms with van der Waals surface area (Å²) in [6, 6.07) is 5.63. The number of hydrogen-bond donors (Lipinski definition) is 1. The van der Waals surface area contributed by atoms with Crippen LogP contribution in [0.2, 0.25) is 0 Å². The van der Waals surface area contributed by atoms with Gasteiger partial charge < -0.3 is 14.8 Å². The van der Waals surface area contributed by atoms with Gasteiger partial charge in [-0.1, -0.05) is 13.3 Å². The van der Waals surface area contributed by atoms with Crippen molar-refractivity contribution in [3.05, 3.63) is 29.3 Å². The van der Waals surface area contributed by atoms with Gasteiger partial charge in [0.05, 0.1) is 6.61 Å². The molecule has 1 aromatic carbocycles. The monoisotopic (exact) mass is 263 g/mol. The summed E-state index contributed by atoms with van der Waals surface area (Å²) in [6.45, 7) is 6.06. The minimum Gasteiger partial charge on any atom is -0.491 e. The number of benzene rings is 1. The van der Waals surface area contributed by atoms with E-state index in [1.807, 2.05) is 25.1 Å². The topological polar surface area (TPSA) is 50.9 Å². The molecule has 1 aliphatic rings. The van der Waals surface area contributed by atoms with Crippen LogP contribution in [0.25, 0.3) is 0 Å². The quantitative estimate of drug-likeness (QED) is 0.767. The molecular formula is C15H21NO3. The summed E-state index contributed by atoms with van der Waals surface area (Å²) >= 11 is 0. The van der Waals surface area contributed by atoms with Gasteiger partial charge in [-0.2, -0.15) is 0 Å². The van der Waals surface area contributed by atoms with Crippen LogP contribution in [0.15, 0.2) is 18.2 Å². The minimum atomic E-state index is -0.0306. The van der Waals surface area contributed by atoms with E-state index in [0.29, 0.717) is 18.7 Å². The van der Waals surface area contributed by atoms with Crippen LogP contribution in [0.3, 0.4) is 0 Å². The van der Waals surface area contributed by atoms with Crippen molar-refractivity contribution in [2.24, 2.45) is 0 Å². The van der Waals surface area contributed by atoms with Gasteiger partial charge in [-0.05, 0) is 37.1 Å². The molecule has 4 nitrogen and oxygen atoms in total. The first-order chi connectivity index (χ1) is 9.24. The summed E-state index contributed by atoms with van der Waals surface area (Å²) < 4.78 is 10.9. The fourth-order valence-corrected chi connectivity index (χ4v) is 1.94. The average molecular weight is 263 g/mol. The molecule has 1 saturated heterocycles. The standard InChI is InChI=1S/C15H21NO3/c1-3-5-11-8-12(15(17)16-4-2)6-7-14(11)19-10-13-9-18-13/h6-8,13H,3-5,9-10H2,1-2H3,(H,16,17). The van der Waals surface area contributed by atoms with Gasteiger partial charge in [0, 0.05) is 12.1 Å². The Hall–Kier alpha value is -1.55. The fourth-order valence-electron chi connectivity index (χ4n) is 1.94. The van der Waals surface area contributed by atoms with Gasteiger partial charge in [0.2, 0.25) is 0 Å². The molecule has 1 atom stereocenters. The molecule has 0 saturated carbocycles. The third-order valence-electron chi connectivity index (χ3n) is 3.01. The number of rotatable bonds is 7. The maximum Gasteiger partial charge on any atom is 0.251 e. The lowest BCUT2D eigenvalue weighted by molar-refractivity contribution is 0.0955. The van der Waals surface area contributed by atoms with E-state index < -0.39 is 0 Å². The number of aryl methyl sites for hydroxylation is 1. The number of carbonyl (C=O) groups excluding carboxylic acids is 1. The third-order valence-corrected chi connectivity index (χ3v) is 3.01. The van der Waals surface area contributed by atoms with E-state index in [9.17, 15) is 4.79 Å². The molecule has 1 N–H and O–H groups in total. The highest BCUT2D eigenvalue weighted by molar-refractivity contribution is 5.94. The molecule has 0 bridgehead atoms. The van der Waals surface area contributed by atoms with E-state index in [0.717, 1.165) is 30.8 Å². The Morgan fingerprint density at radius 1 is 1.47 bits per heavy atom. The van der Waals surface area contributed by atoms with Gasteiger partial charge >= 0.3 is 0 Å². The first-order valence-electron chi connectivity index (χ1n) is 6.90. The second kappa shape index (κ2) is 6.57. The Balaban J connectivity index is 2.10. The lowest BCUT2D eigenvalue weighted by Crippen LogP contribution is -2.22. The molecular weight excluding hydrogens is 242 g/mol. The zero-order chi connectivity index (χ0) is 13.7. The summed E-state index contributed by atoms with van der Waals surface area (Å²) in [7, 11) is 0. The lowest BCUT2D eigenvalue weighted by Gasteiger charge is -2.12. The second-order valence-electron chi connectivity index (χ2n) is 4.70.